The lowest BCUT2D eigenvalue weighted by molar-refractivity contribution is 0.354. The molecule has 27 heavy (non-hydrogen) atoms. The lowest BCUT2D eigenvalue weighted by Gasteiger charge is -2.15. The number of nitrogens with one attached hydrogen (secondary N) is 1. The lowest BCUT2D eigenvalue weighted by atomic mass is 10.1. The molecule has 0 aliphatic rings. The number of rotatable bonds is 8. The highest BCUT2D eigenvalue weighted by molar-refractivity contribution is 14.0. The highest BCUT2D eigenvalue weighted by Crippen LogP contribution is 2.27. The molecule has 0 aliphatic heterocycles. The van der Waals surface area contributed by atoms with E-state index in [1.165, 1.54) is 11.1 Å². The Morgan fingerprint density at radius 2 is 1.70 bits per heavy atom. The molecule has 0 radical (unpaired) electrons. The van der Waals surface area contributed by atoms with E-state index < -0.39 is 0 Å². The van der Waals surface area contributed by atoms with Crippen LogP contribution in [-0.4, -0.2) is 39.2 Å². The minimum absolute atomic E-state index is 0. The first-order valence-corrected chi connectivity index (χ1v) is 8.49. The third kappa shape index (κ3) is 7.26. The maximum absolute atomic E-state index is 6.02. The molecule has 7 heteroatoms. The van der Waals surface area contributed by atoms with Gasteiger partial charge in [0.2, 0.25) is 0 Å². The molecule has 0 aliphatic carbocycles. The fourth-order valence-corrected chi connectivity index (χ4v) is 2.62. The standard InChI is InChI=1S/C20H28N4O2.HI/c1-24(2)14-17-8-6-5-7-16(17)13-23-20(21)22-12-15-9-10-18(25-3)19(11-15)26-4;/h5-11H,12-14H2,1-4H3,(H3,21,22,23);1H. The Labute approximate surface area is 178 Å². The molecule has 0 fully saturated rings. The Morgan fingerprint density at radius 1 is 1.04 bits per heavy atom. The number of guanidine groups is 1. The first-order chi connectivity index (χ1) is 12.5. The zero-order valence-corrected chi connectivity index (χ0v) is 18.7. The van der Waals surface area contributed by atoms with Gasteiger partial charge in [0.05, 0.1) is 20.8 Å². The van der Waals surface area contributed by atoms with Crippen molar-refractivity contribution in [3.8, 4) is 11.5 Å². The van der Waals surface area contributed by atoms with Crippen molar-refractivity contribution >= 4 is 29.9 Å². The number of ether oxygens (including phenoxy) is 2. The molecular formula is C20H29IN4O2. The molecule has 2 rings (SSSR count). The molecule has 0 saturated heterocycles. The lowest BCUT2D eigenvalue weighted by Crippen LogP contribution is -2.31. The Morgan fingerprint density at radius 3 is 2.33 bits per heavy atom. The van der Waals surface area contributed by atoms with Crippen LogP contribution in [0.2, 0.25) is 0 Å². The summed E-state index contributed by atoms with van der Waals surface area (Å²) < 4.78 is 10.6. The van der Waals surface area contributed by atoms with Gasteiger partial charge < -0.3 is 25.4 Å². The zero-order chi connectivity index (χ0) is 18.9. The molecule has 0 unspecified atom stereocenters. The second-order valence-corrected chi connectivity index (χ2v) is 6.25. The van der Waals surface area contributed by atoms with Crippen LogP contribution in [0, 0.1) is 0 Å². The summed E-state index contributed by atoms with van der Waals surface area (Å²) in [5.41, 5.74) is 9.51. The summed E-state index contributed by atoms with van der Waals surface area (Å²) in [6, 6.07) is 14.0. The van der Waals surface area contributed by atoms with Crippen molar-refractivity contribution in [3.63, 3.8) is 0 Å². The van der Waals surface area contributed by atoms with Crippen LogP contribution in [-0.2, 0) is 19.6 Å². The van der Waals surface area contributed by atoms with E-state index in [1.807, 2.05) is 24.3 Å². The van der Waals surface area contributed by atoms with Crippen molar-refractivity contribution < 1.29 is 9.47 Å². The molecule has 0 heterocycles. The van der Waals surface area contributed by atoms with Gasteiger partial charge in [-0.05, 0) is 42.9 Å². The molecule has 2 aromatic rings. The normalized spacial score (nSPS) is 11.1. The van der Waals surface area contributed by atoms with Gasteiger partial charge in [-0.1, -0.05) is 30.3 Å². The molecule has 0 saturated carbocycles. The third-order valence-corrected chi connectivity index (χ3v) is 3.94. The van der Waals surface area contributed by atoms with Gasteiger partial charge in [0.25, 0.3) is 0 Å². The summed E-state index contributed by atoms with van der Waals surface area (Å²) in [6.07, 6.45) is 0. The number of nitrogens with two attached hydrogens (primary N) is 1. The van der Waals surface area contributed by atoms with Gasteiger partial charge in [-0.3, -0.25) is 0 Å². The second-order valence-electron chi connectivity index (χ2n) is 6.25. The van der Waals surface area contributed by atoms with Crippen molar-refractivity contribution in [3.05, 3.63) is 59.2 Å². The predicted octanol–water partition coefficient (Wildman–Crippen LogP) is 2.99. The van der Waals surface area contributed by atoms with Crippen molar-refractivity contribution in [2.45, 2.75) is 19.6 Å². The summed E-state index contributed by atoms with van der Waals surface area (Å²) in [5.74, 6) is 1.80. The van der Waals surface area contributed by atoms with Gasteiger partial charge in [0.15, 0.2) is 17.5 Å². The molecule has 0 bridgehead atoms. The quantitative estimate of drug-likeness (QED) is 0.343. The summed E-state index contributed by atoms with van der Waals surface area (Å²) in [4.78, 5) is 6.55. The summed E-state index contributed by atoms with van der Waals surface area (Å²) in [6.45, 7) is 2.00. The topological polar surface area (TPSA) is 72.1 Å². The van der Waals surface area contributed by atoms with E-state index in [0.29, 0.717) is 30.5 Å². The van der Waals surface area contributed by atoms with Crippen LogP contribution in [0.1, 0.15) is 16.7 Å². The fourth-order valence-electron chi connectivity index (χ4n) is 2.62. The van der Waals surface area contributed by atoms with E-state index in [9.17, 15) is 0 Å². The van der Waals surface area contributed by atoms with Crippen molar-refractivity contribution in [1.29, 1.82) is 0 Å². The van der Waals surface area contributed by atoms with Crippen LogP contribution < -0.4 is 20.5 Å². The molecule has 0 spiro atoms. The molecular weight excluding hydrogens is 455 g/mol. The van der Waals surface area contributed by atoms with Crippen LogP contribution >= 0.6 is 24.0 Å². The molecule has 0 amide bonds. The van der Waals surface area contributed by atoms with E-state index in [0.717, 1.165) is 12.1 Å². The predicted molar refractivity (Wildman–Crippen MR) is 121 cm³/mol. The van der Waals surface area contributed by atoms with Gasteiger partial charge in [0.1, 0.15) is 0 Å². The Bertz CT molecular complexity index is 751. The zero-order valence-electron chi connectivity index (χ0n) is 16.4. The monoisotopic (exact) mass is 484 g/mol. The third-order valence-electron chi connectivity index (χ3n) is 3.94. The molecule has 6 nitrogen and oxygen atoms in total. The van der Waals surface area contributed by atoms with Crippen LogP contribution in [0.25, 0.3) is 0 Å². The minimum Gasteiger partial charge on any atom is -0.493 e. The molecule has 2 aromatic carbocycles. The molecule has 148 valence electrons. The molecule has 0 atom stereocenters. The number of hydrogen-bond acceptors (Lipinski definition) is 4. The average molecular weight is 484 g/mol. The number of aliphatic imine (C=N–C) groups is 1. The largest absolute Gasteiger partial charge is 0.493 e. The van der Waals surface area contributed by atoms with Crippen molar-refractivity contribution in [1.82, 2.24) is 10.2 Å². The first kappa shape index (κ1) is 23.0. The summed E-state index contributed by atoms with van der Waals surface area (Å²) in [5, 5.41) is 3.19. The van der Waals surface area contributed by atoms with E-state index in [1.54, 1.807) is 14.2 Å². The minimum atomic E-state index is 0. The van der Waals surface area contributed by atoms with Gasteiger partial charge >= 0.3 is 0 Å². The van der Waals surface area contributed by atoms with Crippen LogP contribution in [0.5, 0.6) is 11.5 Å². The van der Waals surface area contributed by atoms with Crippen LogP contribution in [0.3, 0.4) is 0 Å². The van der Waals surface area contributed by atoms with E-state index in [4.69, 9.17) is 15.2 Å². The highest BCUT2D eigenvalue weighted by Gasteiger charge is 2.05. The second kappa shape index (κ2) is 11.7. The number of nitrogens with zero attached hydrogens (tertiary/aromatic N) is 2. The van der Waals surface area contributed by atoms with E-state index in [2.05, 4.69) is 47.5 Å². The first-order valence-electron chi connectivity index (χ1n) is 8.49. The van der Waals surface area contributed by atoms with Crippen molar-refractivity contribution in [2.75, 3.05) is 28.3 Å². The molecule has 3 N–H and O–H groups in total. The van der Waals surface area contributed by atoms with Gasteiger partial charge in [-0.25, -0.2) is 4.99 Å². The van der Waals surface area contributed by atoms with Gasteiger partial charge in [-0.15, -0.1) is 24.0 Å². The average Bonchev–Trinajstić information content (AvgIpc) is 2.64. The number of hydrogen-bond donors (Lipinski definition) is 2. The van der Waals surface area contributed by atoms with Crippen molar-refractivity contribution in [2.24, 2.45) is 10.7 Å². The maximum Gasteiger partial charge on any atom is 0.189 e. The molecule has 0 aromatic heterocycles. The number of methoxy groups -OCH3 is 2. The smallest absolute Gasteiger partial charge is 0.189 e. The van der Waals surface area contributed by atoms with E-state index >= 15 is 0 Å². The van der Waals surface area contributed by atoms with Crippen LogP contribution in [0.15, 0.2) is 47.5 Å². The van der Waals surface area contributed by atoms with E-state index in [-0.39, 0.29) is 24.0 Å². The Hall–Kier alpha value is -2.00. The van der Waals surface area contributed by atoms with Gasteiger partial charge in [-0.2, -0.15) is 0 Å². The maximum atomic E-state index is 6.02. The summed E-state index contributed by atoms with van der Waals surface area (Å²) >= 11 is 0. The van der Waals surface area contributed by atoms with Gasteiger partial charge in [0, 0.05) is 13.1 Å². The Balaban J connectivity index is 0.00000364. The SMILES string of the molecule is COc1ccc(CN=C(N)NCc2ccccc2CN(C)C)cc1OC.I. The number of halogens is 1. The summed E-state index contributed by atoms with van der Waals surface area (Å²) in [7, 11) is 7.35. The highest BCUT2D eigenvalue weighted by atomic mass is 127. The number of benzene rings is 2. The van der Waals surface area contributed by atoms with Crippen LogP contribution in [0.4, 0.5) is 0 Å². The Kier molecular flexibility index (Phi) is 9.95. The fraction of sp³-hybridized carbons (Fsp3) is 0.350.